The number of aryl methyl sites for hydroxylation is 1. The Labute approximate surface area is 81.6 Å². The van der Waals surface area contributed by atoms with Crippen LogP contribution in [0.5, 0.6) is 0 Å². The SMILES string of the molecule is Cc1noc2cc(CCON)ccc12. The van der Waals surface area contributed by atoms with Gasteiger partial charge in [-0.05, 0) is 31.0 Å². The maximum atomic E-state index is 5.15. The number of nitrogens with two attached hydrogens (primary N) is 1. The monoisotopic (exact) mass is 192 g/mol. The average molecular weight is 192 g/mol. The minimum Gasteiger partial charge on any atom is -0.356 e. The highest BCUT2D eigenvalue weighted by Crippen LogP contribution is 2.19. The van der Waals surface area contributed by atoms with Crippen molar-refractivity contribution in [1.29, 1.82) is 0 Å². The Balaban J connectivity index is 2.32. The van der Waals surface area contributed by atoms with Crippen LogP contribution in [-0.2, 0) is 11.3 Å². The predicted octanol–water partition coefficient (Wildman–Crippen LogP) is 1.57. The lowest BCUT2D eigenvalue weighted by Gasteiger charge is -1.98. The van der Waals surface area contributed by atoms with Crippen molar-refractivity contribution >= 4 is 11.0 Å². The molecule has 4 heteroatoms. The number of hydrogen-bond acceptors (Lipinski definition) is 4. The standard InChI is InChI=1S/C10H12N2O2/c1-7-9-3-2-8(4-5-13-11)6-10(9)14-12-7/h2-3,6H,4-5,11H2,1H3. The highest BCUT2D eigenvalue weighted by molar-refractivity contribution is 5.79. The second kappa shape index (κ2) is 3.77. The number of rotatable bonds is 3. The summed E-state index contributed by atoms with van der Waals surface area (Å²) in [7, 11) is 0. The van der Waals surface area contributed by atoms with Crippen LogP contribution in [0.15, 0.2) is 22.7 Å². The summed E-state index contributed by atoms with van der Waals surface area (Å²) in [6, 6.07) is 6.01. The van der Waals surface area contributed by atoms with Gasteiger partial charge >= 0.3 is 0 Å². The zero-order chi connectivity index (χ0) is 9.97. The molecule has 0 bridgehead atoms. The zero-order valence-corrected chi connectivity index (χ0v) is 7.99. The molecule has 0 amide bonds. The second-order valence-electron chi connectivity index (χ2n) is 3.22. The smallest absolute Gasteiger partial charge is 0.167 e. The lowest BCUT2D eigenvalue weighted by atomic mass is 10.1. The van der Waals surface area contributed by atoms with Gasteiger partial charge in [0.25, 0.3) is 0 Å². The fraction of sp³-hybridized carbons (Fsp3) is 0.300. The van der Waals surface area contributed by atoms with Gasteiger partial charge in [-0.15, -0.1) is 0 Å². The topological polar surface area (TPSA) is 61.3 Å². The van der Waals surface area contributed by atoms with Crippen molar-refractivity contribution in [2.75, 3.05) is 6.61 Å². The fourth-order valence-corrected chi connectivity index (χ4v) is 1.44. The first kappa shape index (κ1) is 9.18. The van der Waals surface area contributed by atoms with E-state index in [0.29, 0.717) is 6.61 Å². The van der Waals surface area contributed by atoms with Crippen LogP contribution >= 0.6 is 0 Å². The molecule has 0 aliphatic heterocycles. The van der Waals surface area contributed by atoms with Gasteiger partial charge in [0.05, 0.1) is 12.3 Å². The van der Waals surface area contributed by atoms with Gasteiger partial charge < -0.3 is 9.36 Å². The van der Waals surface area contributed by atoms with Gasteiger partial charge in [0, 0.05) is 5.39 Å². The van der Waals surface area contributed by atoms with Crippen LogP contribution in [0.2, 0.25) is 0 Å². The molecule has 1 heterocycles. The van der Waals surface area contributed by atoms with Crippen molar-refractivity contribution in [2.45, 2.75) is 13.3 Å². The maximum Gasteiger partial charge on any atom is 0.167 e. The summed E-state index contributed by atoms with van der Waals surface area (Å²) in [5, 5.41) is 4.94. The normalized spacial score (nSPS) is 11.0. The van der Waals surface area contributed by atoms with Gasteiger partial charge in [-0.3, -0.25) is 0 Å². The molecule has 2 rings (SSSR count). The molecule has 0 saturated carbocycles. The highest BCUT2D eigenvalue weighted by atomic mass is 16.6. The van der Waals surface area contributed by atoms with Crippen molar-refractivity contribution in [3.8, 4) is 0 Å². The molecular weight excluding hydrogens is 180 g/mol. The minimum absolute atomic E-state index is 0.513. The summed E-state index contributed by atoms with van der Waals surface area (Å²) in [4.78, 5) is 4.52. The predicted molar refractivity (Wildman–Crippen MR) is 52.6 cm³/mol. The van der Waals surface area contributed by atoms with Gasteiger partial charge in [0.2, 0.25) is 0 Å². The highest BCUT2D eigenvalue weighted by Gasteiger charge is 2.04. The first-order chi connectivity index (χ1) is 6.81. The molecule has 0 aliphatic rings. The summed E-state index contributed by atoms with van der Waals surface area (Å²) in [6.07, 6.45) is 0.784. The molecule has 0 unspecified atom stereocenters. The Morgan fingerprint density at radius 2 is 2.36 bits per heavy atom. The van der Waals surface area contributed by atoms with E-state index in [1.165, 1.54) is 0 Å². The Bertz CT molecular complexity index is 437. The van der Waals surface area contributed by atoms with E-state index >= 15 is 0 Å². The van der Waals surface area contributed by atoms with Gasteiger partial charge in [-0.2, -0.15) is 0 Å². The molecule has 1 aromatic carbocycles. The molecule has 0 fully saturated rings. The van der Waals surface area contributed by atoms with E-state index < -0.39 is 0 Å². The van der Waals surface area contributed by atoms with Gasteiger partial charge in [-0.25, -0.2) is 5.90 Å². The second-order valence-corrected chi connectivity index (χ2v) is 3.22. The Morgan fingerprint density at radius 3 is 3.14 bits per heavy atom. The molecule has 2 N–H and O–H groups in total. The fourth-order valence-electron chi connectivity index (χ4n) is 1.44. The van der Waals surface area contributed by atoms with E-state index in [-0.39, 0.29) is 0 Å². The van der Waals surface area contributed by atoms with Crippen LogP contribution < -0.4 is 5.90 Å². The van der Waals surface area contributed by atoms with E-state index in [1.54, 1.807) is 0 Å². The summed E-state index contributed by atoms with van der Waals surface area (Å²) < 4.78 is 5.15. The largest absolute Gasteiger partial charge is 0.356 e. The number of hydrogen-bond donors (Lipinski definition) is 1. The van der Waals surface area contributed by atoms with Gasteiger partial charge in [0.15, 0.2) is 5.58 Å². The summed E-state index contributed by atoms with van der Waals surface area (Å²) in [5.74, 6) is 4.96. The Hall–Kier alpha value is -1.39. The van der Waals surface area contributed by atoms with Crippen molar-refractivity contribution < 1.29 is 9.36 Å². The molecule has 0 saturated heterocycles. The maximum absolute atomic E-state index is 5.15. The molecule has 0 aliphatic carbocycles. The molecular formula is C10H12N2O2. The number of nitrogens with zero attached hydrogens (tertiary/aromatic N) is 1. The molecule has 74 valence electrons. The van der Waals surface area contributed by atoms with Crippen LogP contribution in [0.1, 0.15) is 11.3 Å². The molecule has 1 aromatic heterocycles. The van der Waals surface area contributed by atoms with Crippen molar-refractivity contribution in [1.82, 2.24) is 5.16 Å². The zero-order valence-electron chi connectivity index (χ0n) is 7.99. The van der Waals surface area contributed by atoms with Crippen LogP contribution in [0.25, 0.3) is 11.0 Å². The summed E-state index contributed by atoms with van der Waals surface area (Å²) in [5.41, 5.74) is 2.87. The van der Waals surface area contributed by atoms with Crippen LogP contribution in [-0.4, -0.2) is 11.8 Å². The van der Waals surface area contributed by atoms with E-state index in [9.17, 15) is 0 Å². The van der Waals surface area contributed by atoms with Gasteiger partial charge in [-0.1, -0.05) is 11.2 Å². The molecule has 0 radical (unpaired) electrons. The van der Waals surface area contributed by atoms with E-state index in [0.717, 1.165) is 28.6 Å². The van der Waals surface area contributed by atoms with E-state index in [1.807, 2.05) is 25.1 Å². The Kier molecular flexibility index (Phi) is 2.47. The quantitative estimate of drug-likeness (QED) is 0.750. The number of fused-ring (bicyclic) bond motifs is 1. The van der Waals surface area contributed by atoms with Crippen LogP contribution in [0.4, 0.5) is 0 Å². The van der Waals surface area contributed by atoms with Gasteiger partial charge in [0.1, 0.15) is 0 Å². The molecule has 14 heavy (non-hydrogen) atoms. The third kappa shape index (κ3) is 1.62. The summed E-state index contributed by atoms with van der Waals surface area (Å²) in [6.45, 7) is 2.44. The number of benzene rings is 1. The third-order valence-electron chi connectivity index (χ3n) is 2.23. The van der Waals surface area contributed by atoms with E-state index in [4.69, 9.17) is 10.4 Å². The van der Waals surface area contributed by atoms with Crippen LogP contribution in [0.3, 0.4) is 0 Å². The summed E-state index contributed by atoms with van der Waals surface area (Å²) >= 11 is 0. The molecule has 0 atom stereocenters. The van der Waals surface area contributed by atoms with Crippen LogP contribution in [0, 0.1) is 6.92 Å². The minimum atomic E-state index is 0.513. The van der Waals surface area contributed by atoms with Crippen molar-refractivity contribution in [3.63, 3.8) is 0 Å². The molecule has 0 spiro atoms. The lowest BCUT2D eigenvalue weighted by molar-refractivity contribution is 0.141. The van der Waals surface area contributed by atoms with Crippen molar-refractivity contribution in [3.05, 3.63) is 29.5 Å². The van der Waals surface area contributed by atoms with Crippen molar-refractivity contribution in [2.24, 2.45) is 5.90 Å². The Morgan fingerprint density at radius 1 is 1.50 bits per heavy atom. The number of aromatic nitrogens is 1. The lowest BCUT2D eigenvalue weighted by Crippen LogP contribution is -2.03. The van der Waals surface area contributed by atoms with E-state index in [2.05, 4.69) is 9.99 Å². The molecule has 4 nitrogen and oxygen atoms in total. The molecule has 2 aromatic rings. The first-order valence-corrected chi connectivity index (χ1v) is 4.48. The third-order valence-corrected chi connectivity index (χ3v) is 2.23. The first-order valence-electron chi connectivity index (χ1n) is 4.48. The average Bonchev–Trinajstić information content (AvgIpc) is 2.57.